The number of ether oxygens (including phenoxy) is 2. The van der Waals surface area contributed by atoms with Crippen LogP contribution in [0.2, 0.25) is 5.02 Å². The number of fused-ring (bicyclic) bond motifs is 1. The summed E-state index contributed by atoms with van der Waals surface area (Å²) in [7, 11) is 0. The second-order valence-corrected chi connectivity index (χ2v) is 10.8. The van der Waals surface area contributed by atoms with Crippen LogP contribution in [0.1, 0.15) is 39.3 Å². The molecule has 0 bridgehead atoms. The van der Waals surface area contributed by atoms with E-state index in [4.69, 9.17) is 31.8 Å². The average molecular weight is 488 g/mol. The number of aromatic amines is 1. The average Bonchev–Trinajstić information content (AvgIpc) is 3.17. The molecule has 3 atom stereocenters. The minimum Gasteiger partial charge on any atom is -0.461 e. The normalized spacial score (nSPS) is 29.1. The summed E-state index contributed by atoms with van der Waals surface area (Å²) in [5.41, 5.74) is 8.47. The Balaban J connectivity index is 1.28. The SMILES string of the molecule is CC1C=C(c2nc3nc(OC4CC(C(C)(C)C(N)O)C4)[nH]c3cc2Cl)C=CC1N1CCOCC1. The summed E-state index contributed by atoms with van der Waals surface area (Å²) < 4.78 is 11.5. The van der Waals surface area contributed by atoms with Gasteiger partial charge in [-0.3, -0.25) is 4.90 Å². The zero-order valence-corrected chi connectivity index (χ0v) is 20.8. The van der Waals surface area contributed by atoms with Crippen molar-refractivity contribution in [3.8, 4) is 6.01 Å². The molecule has 1 saturated heterocycles. The number of nitrogens with two attached hydrogens (primary N) is 1. The van der Waals surface area contributed by atoms with E-state index in [2.05, 4.69) is 40.0 Å². The largest absolute Gasteiger partial charge is 0.461 e. The lowest BCUT2D eigenvalue weighted by molar-refractivity contribution is -0.0649. The lowest BCUT2D eigenvalue weighted by Crippen LogP contribution is -2.50. The molecule has 5 rings (SSSR count). The minimum atomic E-state index is -0.843. The van der Waals surface area contributed by atoms with Crippen LogP contribution in [-0.2, 0) is 4.74 Å². The summed E-state index contributed by atoms with van der Waals surface area (Å²) in [5.74, 6) is 0.655. The molecule has 2 aromatic heterocycles. The number of pyridine rings is 1. The Morgan fingerprint density at radius 2 is 2.03 bits per heavy atom. The number of hydrogen-bond acceptors (Lipinski definition) is 7. The summed E-state index contributed by atoms with van der Waals surface area (Å²) in [6, 6.07) is 2.67. The smallest absolute Gasteiger partial charge is 0.296 e. The van der Waals surface area contributed by atoms with Gasteiger partial charge in [0, 0.05) is 24.5 Å². The number of nitrogens with zero attached hydrogens (tertiary/aromatic N) is 3. The quantitative estimate of drug-likeness (QED) is 0.536. The molecule has 1 saturated carbocycles. The highest BCUT2D eigenvalue weighted by Crippen LogP contribution is 2.44. The van der Waals surface area contributed by atoms with E-state index in [0.29, 0.717) is 34.6 Å². The zero-order valence-electron chi connectivity index (χ0n) is 20.0. The molecule has 4 N–H and O–H groups in total. The number of nitrogens with one attached hydrogen (secondary N) is 1. The number of aliphatic hydroxyl groups excluding tert-OH is 1. The standard InChI is InChI=1S/C25H34ClN5O3/c1-14-10-15(4-5-20(14)31-6-8-33-9-7-31)21-18(26)13-19-22(29-21)30-24(28-19)34-17-11-16(12-17)25(2,3)23(27)32/h4-5,10,13-14,16-17,20,23,32H,6-9,11-12,27H2,1-3H3,(H,28,29,30). The molecule has 184 valence electrons. The van der Waals surface area contributed by atoms with Gasteiger partial charge in [-0.1, -0.05) is 50.6 Å². The number of imidazole rings is 1. The summed E-state index contributed by atoms with van der Waals surface area (Å²) in [4.78, 5) is 15.0. The fraction of sp³-hybridized carbons (Fsp3) is 0.600. The highest BCUT2D eigenvalue weighted by Gasteiger charge is 2.44. The molecule has 34 heavy (non-hydrogen) atoms. The summed E-state index contributed by atoms with van der Waals surface area (Å²) in [5, 5.41) is 10.4. The van der Waals surface area contributed by atoms with Gasteiger partial charge < -0.3 is 25.3 Å². The van der Waals surface area contributed by atoms with E-state index >= 15 is 0 Å². The van der Waals surface area contributed by atoms with Crippen LogP contribution in [0.3, 0.4) is 0 Å². The van der Waals surface area contributed by atoms with Gasteiger partial charge in [0.2, 0.25) is 0 Å². The number of halogens is 1. The van der Waals surface area contributed by atoms with Crippen LogP contribution in [0.4, 0.5) is 0 Å². The first-order valence-corrected chi connectivity index (χ1v) is 12.5. The maximum Gasteiger partial charge on any atom is 0.296 e. The lowest BCUT2D eigenvalue weighted by Gasteiger charge is -2.45. The molecule has 3 aliphatic rings. The highest BCUT2D eigenvalue weighted by atomic mass is 35.5. The van der Waals surface area contributed by atoms with E-state index in [1.54, 1.807) is 0 Å². The molecule has 1 aliphatic heterocycles. The topological polar surface area (TPSA) is 110 Å². The molecule has 2 aliphatic carbocycles. The van der Waals surface area contributed by atoms with Crippen molar-refractivity contribution in [2.24, 2.45) is 23.0 Å². The van der Waals surface area contributed by atoms with Gasteiger partial charge in [0.25, 0.3) is 6.01 Å². The number of allylic oxidation sites excluding steroid dienone is 2. The van der Waals surface area contributed by atoms with Crippen LogP contribution in [0, 0.1) is 17.3 Å². The molecule has 0 amide bonds. The first-order valence-electron chi connectivity index (χ1n) is 12.1. The number of aromatic nitrogens is 3. The number of aliphatic hydroxyl groups is 1. The predicted octanol–water partition coefficient (Wildman–Crippen LogP) is 3.36. The van der Waals surface area contributed by atoms with Crippen molar-refractivity contribution in [2.75, 3.05) is 26.3 Å². The van der Waals surface area contributed by atoms with Crippen LogP contribution in [0.5, 0.6) is 6.01 Å². The van der Waals surface area contributed by atoms with Crippen LogP contribution in [-0.4, -0.2) is 69.6 Å². The number of hydrogen-bond donors (Lipinski definition) is 3. The van der Waals surface area contributed by atoms with Crippen molar-refractivity contribution >= 4 is 28.3 Å². The molecular weight excluding hydrogens is 454 g/mol. The zero-order chi connectivity index (χ0) is 24.0. The van der Waals surface area contributed by atoms with E-state index in [1.165, 1.54) is 0 Å². The first-order chi connectivity index (χ1) is 16.2. The number of rotatable bonds is 6. The van der Waals surface area contributed by atoms with Gasteiger partial charge in [0.1, 0.15) is 12.3 Å². The highest BCUT2D eigenvalue weighted by molar-refractivity contribution is 6.32. The Morgan fingerprint density at radius 1 is 1.29 bits per heavy atom. The third kappa shape index (κ3) is 4.50. The van der Waals surface area contributed by atoms with E-state index in [0.717, 1.165) is 55.9 Å². The molecule has 0 radical (unpaired) electrons. The second kappa shape index (κ2) is 9.24. The molecule has 9 heteroatoms. The predicted molar refractivity (Wildman–Crippen MR) is 132 cm³/mol. The Morgan fingerprint density at radius 3 is 2.71 bits per heavy atom. The maximum atomic E-state index is 9.82. The van der Waals surface area contributed by atoms with Crippen molar-refractivity contribution in [3.05, 3.63) is 35.0 Å². The van der Waals surface area contributed by atoms with Gasteiger partial charge in [0.05, 0.1) is 29.4 Å². The van der Waals surface area contributed by atoms with Gasteiger partial charge in [-0.05, 0) is 36.3 Å². The van der Waals surface area contributed by atoms with Crippen LogP contribution < -0.4 is 10.5 Å². The lowest BCUT2D eigenvalue weighted by atomic mass is 9.65. The number of H-pyrrole nitrogens is 1. The Kier molecular flexibility index (Phi) is 6.46. The third-order valence-corrected chi connectivity index (χ3v) is 8.08. The molecule has 2 aromatic rings. The molecule has 3 heterocycles. The molecular formula is C25H34ClN5O3. The van der Waals surface area contributed by atoms with E-state index in [1.807, 2.05) is 19.9 Å². The third-order valence-electron chi connectivity index (χ3n) is 7.79. The van der Waals surface area contributed by atoms with Crippen molar-refractivity contribution in [1.29, 1.82) is 0 Å². The Hall–Kier alpha value is -1.97. The molecule has 8 nitrogen and oxygen atoms in total. The first kappa shape index (κ1) is 23.8. The van der Waals surface area contributed by atoms with Gasteiger partial charge >= 0.3 is 0 Å². The van der Waals surface area contributed by atoms with Crippen LogP contribution >= 0.6 is 11.6 Å². The Bertz CT molecular complexity index is 1100. The molecule has 2 fully saturated rings. The van der Waals surface area contributed by atoms with Crippen molar-refractivity contribution < 1.29 is 14.6 Å². The van der Waals surface area contributed by atoms with Crippen molar-refractivity contribution in [2.45, 2.75) is 52.0 Å². The fourth-order valence-corrected chi connectivity index (χ4v) is 5.39. The van der Waals surface area contributed by atoms with Gasteiger partial charge in [-0.25, -0.2) is 4.98 Å². The van der Waals surface area contributed by atoms with Crippen molar-refractivity contribution in [3.63, 3.8) is 0 Å². The fourth-order valence-electron chi connectivity index (χ4n) is 5.13. The number of morpholine rings is 1. The van der Waals surface area contributed by atoms with Gasteiger partial charge in [0.15, 0.2) is 5.65 Å². The van der Waals surface area contributed by atoms with Crippen molar-refractivity contribution in [1.82, 2.24) is 19.9 Å². The molecule has 0 spiro atoms. The monoisotopic (exact) mass is 487 g/mol. The molecule has 3 unspecified atom stereocenters. The summed E-state index contributed by atoms with van der Waals surface area (Å²) in [6.07, 6.45) is 7.47. The molecule has 0 aromatic carbocycles. The summed E-state index contributed by atoms with van der Waals surface area (Å²) >= 11 is 6.63. The van der Waals surface area contributed by atoms with Crippen LogP contribution in [0.15, 0.2) is 24.3 Å². The van der Waals surface area contributed by atoms with Gasteiger partial charge in [-0.2, -0.15) is 4.98 Å². The van der Waals surface area contributed by atoms with E-state index < -0.39 is 6.23 Å². The summed E-state index contributed by atoms with van der Waals surface area (Å²) in [6.45, 7) is 9.70. The van der Waals surface area contributed by atoms with Gasteiger partial charge in [-0.15, -0.1) is 0 Å². The second-order valence-electron chi connectivity index (χ2n) is 10.4. The van der Waals surface area contributed by atoms with E-state index in [9.17, 15) is 5.11 Å². The minimum absolute atomic E-state index is 0.0421. The van der Waals surface area contributed by atoms with E-state index in [-0.39, 0.29) is 11.5 Å². The maximum absolute atomic E-state index is 9.82. The van der Waals surface area contributed by atoms with Crippen LogP contribution in [0.25, 0.3) is 16.7 Å². The Labute approximate surface area is 205 Å².